The van der Waals surface area contributed by atoms with Gasteiger partial charge < -0.3 is 14.9 Å². The Labute approximate surface area is 181 Å². The number of nitrogens with one attached hydrogen (secondary N) is 1. The highest BCUT2D eigenvalue weighted by Crippen LogP contribution is 2.28. The van der Waals surface area contributed by atoms with Gasteiger partial charge in [-0.25, -0.2) is 12.8 Å². The number of oxime groups is 1. The first-order chi connectivity index (χ1) is 14.3. The second-order valence-electron chi connectivity index (χ2n) is 6.59. The normalized spacial score (nSPS) is 19.9. The molecule has 1 saturated heterocycles. The van der Waals surface area contributed by atoms with E-state index >= 15 is 0 Å². The van der Waals surface area contributed by atoms with Gasteiger partial charge in [0.15, 0.2) is 0 Å². The highest BCUT2D eigenvalue weighted by molar-refractivity contribution is 7.89. The summed E-state index contributed by atoms with van der Waals surface area (Å²) >= 11 is 7.24. The maximum absolute atomic E-state index is 14.3. The average molecular weight is 474 g/mol. The van der Waals surface area contributed by atoms with Gasteiger partial charge >= 0.3 is 0 Å². The molecule has 1 unspecified atom stereocenters. The van der Waals surface area contributed by atoms with Crippen molar-refractivity contribution in [3.8, 4) is 0 Å². The van der Waals surface area contributed by atoms with Crippen LogP contribution in [-0.4, -0.2) is 56.7 Å². The molecule has 12 heteroatoms. The second-order valence-corrected chi connectivity index (χ2v) is 10.2. The van der Waals surface area contributed by atoms with Gasteiger partial charge in [0.25, 0.3) is 5.91 Å². The number of anilines is 1. The molecule has 0 bridgehead atoms. The summed E-state index contributed by atoms with van der Waals surface area (Å²) in [5, 5.41) is 6.50. The topological polar surface area (TPSA) is 97.3 Å². The fourth-order valence-electron chi connectivity index (χ4n) is 3.06. The third-order valence-electron chi connectivity index (χ3n) is 4.61. The van der Waals surface area contributed by atoms with Crippen molar-refractivity contribution in [1.82, 2.24) is 4.31 Å². The van der Waals surface area contributed by atoms with Gasteiger partial charge in [0.2, 0.25) is 16.1 Å². The molecule has 2 aliphatic heterocycles. The third kappa shape index (κ3) is 4.35. The summed E-state index contributed by atoms with van der Waals surface area (Å²) in [6, 6.07) is 6.92. The molecule has 1 aromatic heterocycles. The van der Waals surface area contributed by atoms with E-state index in [1.54, 1.807) is 12.1 Å². The van der Waals surface area contributed by atoms with Crippen molar-refractivity contribution in [1.29, 1.82) is 0 Å². The molecule has 160 valence electrons. The minimum absolute atomic E-state index is 0.140. The molecule has 1 fully saturated rings. The minimum atomic E-state index is -4.05. The molecule has 1 aromatic carbocycles. The van der Waals surface area contributed by atoms with Crippen LogP contribution < -0.4 is 5.32 Å². The molecule has 0 saturated carbocycles. The van der Waals surface area contributed by atoms with Crippen LogP contribution in [0.1, 0.15) is 11.3 Å². The van der Waals surface area contributed by atoms with Crippen LogP contribution in [0, 0.1) is 5.82 Å². The third-order valence-corrected chi connectivity index (χ3v) is 7.80. The monoisotopic (exact) mass is 473 g/mol. The second kappa shape index (κ2) is 8.60. The first-order valence-corrected chi connectivity index (χ1v) is 11.6. The zero-order valence-electron chi connectivity index (χ0n) is 15.5. The first-order valence-electron chi connectivity index (χ1n) is 9.01. The first kappa shape index (κ1) is 21.2. The van der Waals surface area contributed by atoms with Crippen LogP contribution in [-0.2, 0) is 24.4 Å². The molecule has 8 nitrogen and oxygen atoms in total. The molecule has 1 atom stereocenters. The molecule has 0 radical (unpaired) electrons. The number of carbonyl (C=O) groups excluding carboxylic acids is 1. The maximum atomic E-state index is 14.3. The molecular weight excluding hydrogens is 457 g/mol. The number of halogens is 2. The predicted octanol–water partition coefficient (Wildman–Crippen LogP) is 2.69. The Morgan fingerprint density at radius 3 is 2.73 bits per heavy atom. The number of amides is 1. The van der Waals surface area contributed by atoms with Crippen LogP contribution in [0.15, 0.2) is 40.4 Å². The molecule has 4 rings (SSSR count). The van der Waals surface area contributed by atoms with Crippen molar-refractivity contribution in [2.75, 3.05) is 31.6 Å². The Morgan fingerprint density at radius 2 is 2.03 bits per heavy atom. The summed E-state index contributed by atoms with van der Waals surface area (Å²) in [5.41, 5.74) is 0.742. The van der Waals surface area contributed by atoms with Crippen LogP contribution in [0.5, 0.6) is 0 Å². The molecule has 0 spiro atoms. The lowest BCUT2D eigenvalue weighted by Crippen LogP contribution is -2.41. The van der Waals surface area contributed by atoms with Gasteiger partial charge in [-0.15, -0.1) is 11.3 Å². The molecule has 30 heavy (non-hydrogen) atoms. The molecule has 0 aliphatic carbocycles. The van der Waals surface area contributed by atoms with Gasteiger partial charge in [-0.2, -0.15) is 4.31 Å². The number of hydrogen-bond acceptors (Lipinski definition) is 7. The Kier molecular flexibility index (Phi) is 6.07. The molecule has 1 amide bonds. The maximum Gasteiger partial charge on any atom is 0.268 e. The fraction of sp³-hybridized carbons (Fsp3) is 0.333. The number of nitrogens with zero attached hydrogens (tertiary/aromatic N) is 2. The average Bonchev–Trinajstić information content (AvgIpc) is 3.39. The van der Waals surface area contributed by atoms with E-state index in [0.29, 0.717) is 10.0 Å². The van der Waals surface area contributed by atoms with Crippen LogP contribution in [0.4, 0.5) is 10.1 Å². The SMILES string of the molecule is O=C(Nc1ccc(F)c(S(=O)(=O)N2CCOCC2)c1)C1CC(c2ccc(Cl)s2)=NO1. The Hall–Kier alpha value is -2.05. The summed E-state index contributed by atoms with van der Waals surface area (Å²) in [4.78, 5) is 18.0. The van der Waals surface area contributed by atoms with Crippen molar-refractivity contribution < 1.29 is 27.2 Å². The van der Waals surface area contributed by atoms with Gasteiger partial charge in [0.05, 0.1) is 22.4 Å². The lowest BCUT2D eigenvalue weighted by Gasteiger charge is -2.26. The number of thiophene rings is 1. The number of carbonyl (C=O) groups is 1. The number of benzene rings is 1. The number of rotatable bonds is 5. The summed E-state index contributed by atoms with van der Waals surface area (Å²) in [7, 11) is -4.05. The van der Waals surface area contributed by atoms with Gasteiger partial charge in [0, 0.05) is 25.2 Å². The lowest BCUT2D eigenvalue weighted by atomic mass is 10.1. The predicted molar refractivity (Wildman–Crippen MR) is 110 cm³/mol. The molecular formula is C18H17ClFN3O5S2. The fourth-order valence-corrected chi connectivity index (χ4v) is 5.59. The number of morpholine rings is 1. The number of hydrogen-bond donors (Lipinski definition) is 1. The van der Waals surface area contributed by atoms with Crippen LogP contribution in [0.25, 0.3) is 0 Å². The van der Waals surface area contributed by atoms with E-state index in [4.69, 9.17) is 21.2 Å². The molecule has 2 aliphatic rings. The molecule has 3 heterocycles. The standard InChI is InChI=1S/C18H17ClFN3O5S2/c19-17-4-3-15(29-17)13-10-14(28-22-13)18(24)21-11-1-2-12(20)16(9-11)30(25,26)23-5-7-27-8-6-23/h1-4,9,14H,5-8,10H2,(H,21,24). The highest BCUT2D eigenvalue weighted by Gasteiger charge is 2.32. The van der Waals surface area contributed by atoms with E-state index in [9.17, 15) is 17.6 Å². The summed E-state index contributed by atoms with van der Waals surface area (Å²) < 4.78 is 46.7. The molecule has 1 N–H and O–H groups in total. The van der Waals surface area contributed by atoms with Gasteiger partial charge in [-0.1, -0.05) is 16.8 Å². The van der Waals surface area contributed by atoms with Crippen molar-refractivity contribution >= 4 is 50.3 Å². The van der Waals surface area contributed by atoms with E-state index in [-0.39, 0.29) is 38.4 Å². The highest BCUT2D eigenvalue weighted by atomic mass is 35.5. The van der Waals surface area contributed by atoms with Crippen LogP contribution in [0.3, 0.4) is 0 Å². The van der Waals surface area contributed by atoms with Crippen LogP contribution in [0.2, 0.25) is 4.34 Å². The van der Waals surface area contributed by atoms with Crippen molar-refractivity contribution in [3.05, 3.63) is 45.4 Å². The van der Waals surface area contributed by atoms with Crippen molar-refractivity contribution in [2.24, 2.45) is 5.16 Å². The number of sulfonamides is 1. The Morgan fingerprint density at radius 1 is 1.27 bits per heavy atom. The largest absolute Gasteiger partial charge is 0.382 e. The van der Waals surface area contributed by atoms with E-state index in [2.05, 4.69) is 10.5 Å². The summed E-state index contributed by atoms with van der Waals surface area (Å²) in [5.74, 6) is -1.41. The Bertz CT molecular complexity index is 1100. The minimum Gasteiger partial charge on any atom is -0.382 e. The summed E-state index contributed by atoms with van der Waals surface area (Å²) in [6.07, 6.45) is -0.645. The van der Waals surface area contributed by atoms with Crippen LogP contribution >= 0.6 is 22.9 Å². The van der Waals surface area contributed by atoms with E-state index < -0.39 is 32.7 Å². The van der Waals surface area contributed by atoms with Gasteiger partial charge in [0.1, 0.15) is 16.4 Å². The Balaban J connectivity index is 1.46. The zero-order valence-corrected chi connectivity index (χ0v) is 17.9. The summed E-state index contributed by atoms with van der Waals surface area (Å²) in [6.45, 7) is 0.768. The van der Waals surface area contributed by atoms with E-state index in [1.807, 2.05) is 0 Å². The van der Waals surface area contributed by atoms with E-state index in [0.717, 1.165) is 21.3 Å². The quantitative estimate of drug-likeness (QED) is 0.720. The van der Waals surface area contributed by atoms with E-state index in [1.165, 1.54) is 17.4 Å². The van der Waals surface area contributed by atoms with Gasteiger partial charge in [-0.05, 0) is 30.3 Å². The van der Waals surface area contributed by atoms with Crippen molar-refractivity contribution in [2.45, 2.75) is 17.4 Å². The lowest BCUT2D eigenvalue weighted by molar-refractivity contribution is -0.125. The zero-order chi connectivity index (χ0) is 21.3. The smallest absolute Gasteiger partial charge is 0.268 e. The van der Waals surface area contributed by atoms with Crippen molar-refractivity contribution in [3.63, 3.8) is 0 Å². The number of ether oxygens (including phenoxy) is 1. The van der Waals surface area contributed by atoms with Gasteiger partial charge in [-0.3, -0.25) is 4.79 Å². The molecule has 2 aromatic rings.